The standard InChI is InChI=1S/C18H17N5O2/c1-19-17(24)16-10-22(9-13-8-20-11-23(13)16)18(25)15-7-6-12-4-2-3-5-14(12)21-15/h2-8,11,16H,9-10H2,1H3,(H,19,24). The SMILES string of the molecule is CNC(=O)C1CN(C(=O)c2ccc3ccccc3n2)Cc2cncn21. The largest absolute Gasteiger partial charge is 0.357 e. The molecule has 0 aliphatic carbocycles. The van der Waals surface area contributed by atoms with Gasteiger partial charge in [-0.05, 0) is 12.1 Å². The number of rotatable bonds is 2. The van der Waals surface area contributed by atoms with Crippen LogP contribution in [0.4, 0.5) is 0 Å². The Morgan fingerprint density at radius 2 is 2.04 bits per heavy atom. The normalized spacial score (nSPS) is 16.5. The maximum atomic E-state index is 12.9. The zero-order chi connectivity index (χ0) is 17.4. The first-order valence-corrected chi connectivity index (χ1v) is 8.05. The molecule has 0 bridgehead atoms. The zero-order valence-electron chi connectivity index (χ0n) is 13.7. The lowest BCUT2D eigenvalue weighted by molar-refractivity contribution is -0.124. The van der Waals surface area contributed by atoms with E-state index in [1.54, 1.807) is 30.5 Å². The molecule has 0 saturated heterocycles. The van der Waals surface area contributed by atoms with Gasteiger partial charge in [0, 0.05) is 18.6 Å². The number of likely N-dealkylation sites (N-methyl/N-ethyl adjacent to an activating group) is 1. The van der Waals surface area contributed by atoms with Crippen molar-refractivity contribution in [1.29, 1.82) is 0 Å². The topological polar surface area (TPSA) is 80.1 Å². The number of benzene rings is 1. The summed E-state index contributed by atoms with van der Waals surface area (Å²) in [4.78, 5) is 35.4. The van der Waals surface area contributed by atoms with Crippen molar-refractivity contribution in [1.82, 2.24) is 24.8 Å². The Hall–Kier alpha value is -3.22. The number of para-hydroxylation sites is 1. The van der Waals surface area contributed by atoms with Crippen molar-refractivity contribution in [3.8, 4) is 0 Å². The van der Waals surface area contributed by atoms with Gasteiger partial charge < -0.3 is 14.8 Å². The summed E-state index contributed by atoms with van der Waals surface area (Å²) in [5.41, 5.74) is 1.98. The molecule has 3 aromatic rings. The van der Waals surface area contributed by atoms with Crippen LogP contribution in [0.25, 0.3) is 10.9 Å². The van der Waals surface area contributed by atoms with E-state index in [0.717, 1.165) is 16.6 Å². The molecule has 1 N–H and O–H groups in total. The molecule has 0 radical (unpaired) electrons. The number of hydrogen-bond acceptors (Lipinski definition) is 4. The predicted octanol–water partition coefficient (Wildman–Crippen LogP) is 1.37. The van der Waals surface area contributed by atoms with E-state index >= 15 is 0 Å². The summed E-state index contributed by atoms with van der Waals surface area (Å²) in [6.07, 6.45) is 3.31. The maximum Gasteiger partial charge on any atom is 0.272 e. The molecule has 4 rings (SSSR count). The molecule has 1 atom stereocenters. The van der Waals surface area contributed by atoms with Crippen LogP contribution < -0.4 is 5.32 Å². The van der Waals surface area contributed by atoms with Crippen LogP contribution in [-0.2, 0) is 11.3 Å². The molecule has 1 aliphatic rings. The molecule has 2 amide bonds. The van der Waals surface area contributed by atoms with E-state index in [1.165, 1.54) is 0 Å². The number of carbonyl (C=O) groups excluding carboxylic acids is 2. The minimum atomic E-state index is -0.486. The van der Waals surface area contributed by atoms with Crippen molar-refractivity contribution in [3.05, 3.63) is 60.3 Å². The van der Waals surface area contributed by atoms with E-state index in [0.29, 0.717) is 12.2 Å². The Bertz CT molecular complexity index is 965. The minimum absolute atomic E-state index is 0.150. The third-order valence-corrected chi connectivity index (χ3v) is 4.48. The van der Waals surface area contributed by atoms with Crippen LogP contribution in [-0.4, -0.2) is 44.8 Å². The van der Waals surface area contributed by atoms with E-state index in [-0.39, 0.29) is 18.4 Å². The van der Waals surface area contributed by atoms with E-state index in [4.69, 9.17) is 0 Å². The summed E-state index contributed by atoms with van der Waals surface area (Å²) in [6.45, 7) is 0.692. The number of imidazole rings is 1. The molecule has 25 heavy (non-hydrogen) atoms. The lowest BCUT2D eigenvalue weighted by Gasteiger charge is -2.33. The molecule has 0 spiro atoms. The van der Waals surface area contributed by atoms with Crippen molar-refractivity contribution >= 4 is 22.7 Å². The summed E-state index contributed by atoms with van der Waals surface area (Å²) in [5.74, 6) is -0.338. The molecular weight excluding hydrogens is 318 g/mol. The lowest BCUT2D eigenvalue weighted by Crippen LogP contribution is -2.46. The van der Waals surface area contributed by atoms with Gasteiger partial charge in [-0.2, -0.15) is 0 Å². The van der Waals surface area contributed by atoms with E-state index in [2.05, 4.69) is 15.3 Å². The van der Waals surface area contributed by atoms with Gasteiger partial charge in [-0.1, -0.05) is 24.3 Å². The van der Waals surface area contributed by atoms with Crippen molar-refractivity contribution in [2.75, 3.05) is 13.6 Å². The number of nitrogens with zero attached hydrogens (tertiary/aromatic N) is 4. The first-order valence-electron chi connectivity index (χ1n) is 8.05. The summed E-state index contributed by atoms with van der Waals surface area (Å²) < 4.78 is 1.82. The fraction of sp³-hybridized carbons (Fsp3) is 0.222. The molecule has 0 fully saturated rings. The number of fused-ring (bicyclic) bond motifs is 2. The van der Waals surface area contributed by atoms with Crippen LogP contribution in [0.2, 0.25) is 0 Å². The van der Waals surface area contributed by atoms with E-state index in [9.17, 15) is 9.59 Å². The number of aromatic nitrogens is 3. The van der Waals surface area contributed by atoms with Gasteiger partial charge >= 0.3 is 0 Å². The van der Waals surface area contributed by atoms with Crippen LogP contribution >= 0.6 is 0 Å². The van der Waals surface area contributed by atoms with Gasteiger partial charge in [-0.3, -0.25) is 9.59 Å². The second kappa shape index (κ2) is 6.01. The minimum Gasteiger partial charge on any atom is -0.357 e. The highest BCUT2D eigenvalue weighted by Crippen LogP contribution is 2.23. The molecule has 126 valence electrons. The van der Waals surface area contributed by atoms with Crippen LogP contribution in [0.15, 0.2) is 48.9 Å². The smallest absolute Gasteiger partial charge is 0.272 e. The third-order valence-electron chi connectivity index (χ3n) is 4.48. The number of hydrogen-bond donors (Lipinski definition) is 1. The number of pyridine rings is 1. The molecule has 0 saturated carbocycles. The molecule has 3 heterocycles. The molecule has 1 unspecified atom stereocenters. The Morgan fingerprint density at radius 3 is 2.88 bits per heavy atom. The summed E-state index contributed by atoms with van der Waals surface area (Å²) in [5, 5.41) is 3.63. The van der Waals surface area contributed by atoms with Gasteiger partial charge in [0.25, 0.3) is 5.91 Å². The Kier molecular flexibility index (Phi) is 3.68. The van der Waals surface area contributed by atoms with Crippen molar-refractivity contribution in [3.63, 3.8) is 0 Å². The highest BCUT2D eigenvalue weighted by Gasteiger charge is 2.32. The second-order valence-electron chi connectivity index (χ2n) is 6.00. The molecule has 7 heteroatoms. The fourth-order valence-corrected chi connectivity index (χ4v) is 3.17. The molecule has 1 aromatic carbocycles. The highest BCUT2D eigenvalue weighted by atomic mass is 16.2. The van der Waals surface area contributed by atoms with Gasteiger partial charge in [-0.25, -0.2) is 9.97 Å². The number of amides is 2. The monoisotopic (exact) mass is 335 g/mol. The Labute approximate surface area is 144 Å². The zero-order valence-corrected chi connectivity index (χ0v) is 13.7. The predicted molar refractivity (Wildman–Crippen MR) is 91.8 cm³/mol. The van der Waals surface area contributed by atoms with E-state index in [1.807, 2.05) is 34.9 Å². The number of carbonyl (C=O) groups is 2. The molecule has 1 aliphatic heterocycles. The summed E-state index contributed by atoms with van der Waals surface area (Å²) in [6, 6.07) is 10.8. The van der Waals surface area contributed by atoms with Crippen molar-refractivity contribution in [2.45, 2.75) is 12.6 Å². The van der Waals surface area contributed by atoms with Crippen LogP contribution in [0.3, 0.4) is 0 Å². The number of nitrogens with one attached hydrogen (secondary N) is 1. The van der Waals surface area contributed by atoms with Gasteiger partial charge in [0.05, 0.1) is 30.6 Å². The summed E-state index contributed by atoms with van der Waals surface area (Å²) in [7, 11) is 1.59. The van der Waals surface area contributed by atoms with E-state index < -0.39 is 6.04 Å². The van der Waals surface area contributed by atoms with Gasteiger partial charge in [0.15, 0.2) is 0 Å². The quantitative estimate of drug-likeness (QED) is 0.767. The first-order chi connectivity index (χ1) is 12.2. The second-order valence-corrected chi connectivity index (χ2v) is 6.00. The first kappa shape index (κ1) is 15.3. The Balaban J connectivity index is 1.66. The van der Waals surface area contributed by atoms with Gasteiger partial charge in [0.1, 0.15) is 11.7 Å². The maximum absolute atomic E-state index is 12.9. The lowest BCUT2D eigenvalue weighted by atomic mass is 10.1. The van der Waals surface area contributed by atoms with Crippen LogP contribution in [0, 0.1) is 0 Å². The Morgan fingerprint density at radius 1 is 1.20 bits per heavy atom. The average molecular weight is 335 g/mol. The van der Waals surface area contributed by atoms with Gasteiger partial charge in [0.2, 0.25) is 5.91 Å². The van der Waals surface area contributed by atoms with Gasteiger partial charge in [-0.15, -0.1) is 0 Å². The van der Waals surface area contributed by atoms with Crippen molar-refractivity contribution in [2.24, 2.45) is 0 Å². The van der Waals surface area contributed by atoms with Crippen molar-refractivity contribution < 1.29 is 9.59 Å². The molecule has 7 nitrogen and oxygen atoms in total. The van der Waals surface area contributed by atoms with Crippen LogP contribution in [0.5, 0.6) is 0 Å². The third kappa shape index (κ3) is 2.63. The van der Waals surface area contributed by atoms with Crippen LogP contribution in [0.1, 0.15) is 22.2 Å². The average Bonchev–Trinajstić information content (AvgIpc) is 3.14. The summed E-state index contributed by atoms with van der Waals surface area (Å²) >= 11 is 0. The highest BCUT2D eigenvalue weighted by molar-refractivity contribution is 5.95. The fourth-order valence-electron chi connectivity index (χ4n) is 3.17. The molecule has 2 aromatic heterocycles. The molecular formula is C18H17N5O2.